The molecule has 2 aliphatic rings. The number of thiazole rings is 1. The summed E-state index contributed by atoms with van der Waals surface area (Å²) >= 11 is 1.34. The fourth-order valence-electron chi connectivity index (χ4n) is 5.29. The van der Waals surface area contributed by atoms with Gasteiger partial charge >= 0.3 is 0 Å². The standard InChI is InChI=1S/C29H31N3O5S/c1-17-28(38-16-30-17)29(33)32-27(20-10-12-23(35-3)25(15-20)37-5)21-8-6-7-19(26(21)31-32)13-18-9-11-22(34-2)24(14-18)36-4/h9-16,21,27H,6-8H2,1-5H3/b19-13-/t21-,27+/m1/s1. The van der Waals surface area contributed by atoms with Crippen LogP contribution in [0.5, 0.6) is 23.0 Å². The predicted molar refractivity (Wildman–Crippen MR) is 148 cm³/mol. The molecule has 2 atom stereocenters. The molecule has 0 saturated heterocycles. The lowest BCUT2D eigenvalue weighted by Crippen LogP contribution is -2.31. The van der Waals surface area contributed by atoms with E-state index in [0.717, 1.165) is 41.7 Å². The van der Waals surface area contributed by atoms with Crippen LogP contribution in [0.3, 0.4) is 0 Å². The van der Waals surface area contributed by atoms with E-state index in [1.807, 2.05) is 43.3 Å². The summed E-state index contributed by atoms with van der Waals surface area (Å²) in [6.45, 7) is 1.85. The van der Waals surface area contributed by atoms with E-state index in [9.17, 15) is 4.79 Å². The molecule has 0 radical (unpaired) electrons. The summed E-state index contributed by atoms with van der Waals surface area (Å²) in [5.74, 6) is 2.52. The molecular weight excluding hydrogens is 502 g/mol. The van der Waals surface area contributed by atoms with Crippen LogP contribution >= 0.6 is 11.3 Å². The molecule has 1 amide bonds. The summed E-state index contributed by atoms with van der Waals surface area (Å²) in [5.41, 5.74) is 6.42. The number of carbonyl (C=O) groups excluding carboxylic acids is 1. The number of hydrazone groups is 1. The van der Waals surface area contributed by atoms with Crippen molar-refractivity contribution < 1.29 is 23.7 Å². The van der Waals surface area contributed by atoms with Crippen molar-refractivity contribution in [2.45, 2.75) is 32.2 Å². The minimum absolute atomic E-state index is 0.0467. The molecule has 1 aromatic heterocycles. The lowest BCUT2D eigenvalue weighted by molar-refractivity contribution is 0.0684. The van der Waals surface area contributed by atoms with Crippen LogP contribution < -0.4 is 18.9 Å². The summed E-state index contributed by atoms with van der Waals surface area (Å²) in [6, 6.07) is 11.4. The lowest BCUT2D eigenvalue weighted by Gasteiger charge is -2.30. The Labute approximate surface area is 226 Å². The van der Waals surface area contributed by atoms with Gasteiger partial charge in [0.15, 0.2) is 23.0 Å². The number of aryl methyl sites for hydroxylation is 1. The average Bonchev–Trinajstić information content (AvgIpc) is 3.56. The highest BCUT2D eigenvalue weighted by atomic mass is 32.1. The Balaban J connectivity index is 1.59. The number of fused-ring (bicyclic) bond motifs is 1. The second-order valence-corrected chi connectivity index (χ2v) is 10.1. The number of amides is 1. The Kier molecular flexibility index (Phi) is 7.37. The Morgan fingerprint density at radius 1 is 0.974 bits per heavy atom. The molecule has 5 rings (SSSR count). The maximum Gasteiger partial charge on any atom is 0.286 e. The van der Waals surface area contributed by atoms with Crippen LogP contribution in [-0.2, 0) is 0 Å². The largest absolute Gasteiger partial charge is 0.493 e. The number of ether oxygens (including phenoxy) is 4. The van der Waals surface area contributed by atoms with E-state index in [4.69, 9.17) is 24.0 Å². The van der Waals surface area contributed by atoms with Crippen molar-refractivity contribution in [3.63, 3.8) is 0 Å². The van der Waals surface area contributed by atoms with Gasteiger partial charge in [0.1, 0.15) is 4.88 Å². The van der Waals surface area contributed by atoms with Gasteiger partial charge in [0, 0.05) is 5.92 Å². The number of hydrogen-bond acceptors (Lipinski definition) is 8. The minimum atomic E-state index is -0.270. The first-order valence-corrected chi connectivity index (χ1v) is 13.3. The van der Waals surface area contributed by atoms with Crippen LogP contribution in [0.1, 0.15) is 51.8 Å². The van der Waals surface area contributed by atoms with Gasteiger partial charge in [-0.05, 0) is 73.2 Å². The molecule has 1 aliphatic carbocycles. The first-order chi connectivity index (χ1) is 18.5. The van der Waals surface area contributed by atoms with E-state index in [1.54, 1.807) is 39.0 Å². The number of rotatable bonds is 7. The van der Waals surface area contributed by atoms with E-state index in [1.165, 1.54) is 11.3 Å². The van der Waals surface area contributed by atoms with Gasteiger partial charge in [-0.1, -0.05) is 12.1 Å². The number of benzene rings is 2. The van der Waals surface area contributed by atoms with Crippen molar-refractivity contribution in [1.29, 1.82) is 0 Å². The van der Waals surface area contributed by atoms with Crippen LogP contribution in [-0.4, -0.2) is 50.1 Å². The zero-order chi connectivity index (χ0) is 26.8. The van der Waals surface area contributed by atoms with Gasteiger partial charge in [0.25, 0.3) is 5.91 Å². The van der Waals surface area contributed by atoms with Crippen LogP contribution in [0.25, 0.3) is 6.08 Å². The highest BCUT2D eigenvalue weighted by Crippen LogP contribution is 2.46. The van der Waals surface area contributed by atoms with Gasteiger partial charge < -0.3 is 18.9 Å². The lowest BCUT2D eigenvalue weighted by atomic mass is 9.77. The zero-order valence-corrected chi connectivity index (χ0v) is 23.0. The van der Waals surface area contributed by atoms with Crippen molar-refractivity contribution >= 4 is 29.0 Å². The molecule has 0 spiro atoms. The molecule has 0 N–H and O–H groups in total. The third-order valence-corrected chi connectivity index (χ3v) is 8.06. The first-order valence-electron chi connectivity index (χ1n) is 12.5. The molecule has 0 unspecified atom stereocenters. The molecule has 1 fully saturated rings. The molecule has 1 saturated carbocycles. The van der Waals surface area contributed by atoms with Crippen LogP contribution in [0.15, 0.2) is 52.6 Å². The third kappa shape index (κ3) is 4.62. The molecule has 2 heterocycles. The zero-order valence-electron chi connectivity index (χ0n) is 22.2. The van der Waals surface area contributed by atoms with E-state index in [-0.39, 0.29) is 17.9 Å². The Hall–Kier alpha value is -3.85. The van der Waals surface area contributed by atoms with Crippen molar-refractivity contribution in [3.8, 4) is 23.0 Å². The molecule has 2 aromatic carbocycles. The monoisotopic (exact) mass is 533 g/mol. The minimum Gasteiger partial charge on any atom is -0.493 e. The topological polar surface area (TPSA) is 82.5 Å². The van der Waals surface area contributed by atoms with Crippen LogP contribution in [0.4, 0.5) is 0 Å². The third-order valence-electron chi connectivity index (χ3n) is 7.15. The molecule has 198 valence electrons. The van der Waals surface area contributed by atoms with E-state index < -0.39 is 0 Å². The van der Waals surface area contributed by atoms with Gasteiger partial charge in [0.05, 0.1) is 51.4 Å². The Morgan fingerprint density at radius 3 is 2.32 bits per heavy atom. The highest BCUT2D eigenvalue weighted by Gasteiger charge is 2.44. The number of carbonyl (C=O) groups is 1. The smallest absolute Gasteiger partial charge is 0.286 e. The van der Waals surface area contributed by atoms with Gasteiger partial charge in [-0.2, -0.15) is 5.10 Å². The highest BCUT2D eigenvalue weighted by molar-refractivity contribution is 7.11. The van der Waals surface area contributed by atoms with E-state index >= 15 is 0 Å². The fourth-order valence-corrected chi connectivity index (χ4v) is 6.03. The van der Waals surface area contributed by atoms with E-state index in [2.05, 4.69) is 11.1 Å². The molecule has 1 aliphatic heterocycles. The number of nitrogens with zero attached hydrogens (tertiary/aromatic N) is 3. The van der Waals surface area contributed by atoms with Gasteiger partial charge in [-0.25, -0.2) is 9.99 Å². The second-order valence-electron chi connectivity index (χ2n) is 9.24. The van der Waals surface area contributed by atoms with Crippen LogP contribution in [0.2, 0.25) is 0 Å². The van der Waals surface area contributed by atoms with Gasteiger partial charge in [-0.3, -0.25) is 4.79 Å². The number of hydrogen-bond donors (Lipinski definition) is 0. The molecular formula is C29H31N3O5S. The quantitative estimate of drug-likeness (QED) is 0.375. The normalized spacial score (nSPS) is 19.7. The maximum absolute atomic E-state index is 13.8. The average molecular weight is 534 g/mol. The van der Waals surface area contributed by atoms with Crippen LogP contribution in [0, 0.1) is 12.8 Å². The fraction of sp³-hybridized carbons (Fsp3) is 0.345. The first kappa shape index (κ1) is 25.8. The van der Waals surface area contributed by atoms with E-state index in [0.29, 0.717) is 33.6 Å². The molecule has 0 bridgehead atoms. The van der Waals surface area contributed by atoms with Crippen molar-refractivity contribution in [2.75, 3.05) is 28.4 Å². The van der Waals surface area contributed by atoms with Gasteiger partial charge in [0.2, 0.25) is 0 Å². The maximum atomic E-state index is 13.8. The van der Waals surface area contributed by atoms with Crippen molar-refractivity contribution in [2.24, 2.45) is 11.0 Å². The predicted octanol–water partition coefficient (Wildman–Crippen LogP) is 5.92. The summed E-state index contributed by atoms with van der Waals surface area (Å²) < 4.78 is 22.0. The van der Waals surface area contributed by atoms with Gasteiger partial charge in [-0.15, -0.1) is 11.3 Å². The molecule has 3 aromatic rings. The molecule has 38 heavy (non-hydrogen) atoms. The molecule has 8 nitrogen and oxygen atoms in total. The molecule has 9 heteroatoms. The summed E-state index contributed by atoms with van der Waals surface area (Å²) in [7, 11) is 6.49. The van der Waals surface area contributed by atoms with Crippen molar-refractivity contribution in [3.05, 3.63) is 69.2 Å². The summed E-state index contributed by atoms with van der Waals surface area (Å²) in [6.07, 6.45) is 4.94. The SMILES string of the molecule is COc1ccc(/C=C2/CCC[C@@H]3C2=NN(C(=O)c2scnc2C)[C@H]3c2ccc(OC)c(OC)c2)cc1OC. The summed E-state index contributed by atoms with van der Waals surface area (Å²) in [5, 5.41) is 6.65. The summed E-state index contributed by atoms with van der Waals surface area (Å²) in [4.78, 5) is 18.7. The number of allylic oxidation sites excluding steroid dienone is 1. The number of aromatic nitrogens is 1. The Morgan fingerprint density at radius 2 is 1.66 bits per heavy atom. The van der Waals surface area contributed by atoms with Crippen molar-refractivity contribution in [1.82, 2.24) is 9.99 Å². The number of methoxy groups -OCH3 is 4. The second kappa shape index (κ2) is 10.9. The Bertz CT molecular complexity index is 1410.